The van der Waals surface area contributed by atoms with Gasteiger partial charge in [-0.1, -0.05) is 6.57 Å². The monoisotopic (exact) mass is 256 g/mol. The summed E-state index contributed by atoms with van der Waals surface area (Å²) < 4.78 is 37.5. The molecule has 0 radical (unpaired) electrons. The molecule has 0 N–H and O–H groups in total. The highest BCUT2D eigenvalue weighted by atomic mass is 19.4. The summed E-state index contributed by atoms with van der Waals surface area (Å²) >= 11 is 0. The van der Waals surface area contributed by atoms with Crippen molar-refractivity contribution < 1.29 is 13.2 Å². The Morgan fingerprint density at radius 2 is 1.94 bits per heavy atom. The van der Waals surface area contributed by atoms with Crippen molar-refractivity contribution in [2.45, 2.75) is 19.0 Å². The maximum Gasteiger partial charge on any atom is 0.391 e. The van der Waals surface area contributed by atoms with Gasteiger partial charge in [-0.15, -0.1) is 4.98 Å². The quantitative estimate of drug-likeness (QED) is 0.724. The lowest BCUT2D eigenvalue weighted by molar-refractivity contribution is -0.179. The molecule has 0 atom stereocenters. The first-order valence-corrected chi connectivity index (χ1v) is 5.52. The molecule has 0 saturated carbocycles. The van der Waals surface area contributed by atoms with Crippen LogP contribution in [0.25, 0.3) is 4.85 Å². The molecular formula is C11H11F3N4. The van der Waals surface area contributed by atoms with E-state index in [1.165, 1.54) is 12.4 Å². The molecule has 7 heteroatoms. The van der Waals surface area contributed by atoms with Crippen molar-refractivity contribution in [3.8, 4) is 0 Å². The molecule has 0 bridgehead atoms. The Kier molecular flexibility index (Phi) is 3.36. The summed E-state index contributed by atoms with van der Waals surface area (Å²) in [6.45, 7) is 7.44. The lowest BCUT2D eigenvalue weighted by Crippen LogP contribution is -2.39. The van der Waals surface area contributed by atoms with Gasteiger partial charge in [0.2, 0.25) is 6.33 Å². The molecule has 1 fully saturated rings. The lowest BCUT2D eigenvalue weighted by atomic mass is 9.96. The normalized spacial score (nSPS) is 17.6. The molecule has 0 aliphatic carbocycles. The Balaban J connectivity index is 2.04. The van der Waals surface area contributed by atoms with Gasteiger partial charge in [0.25, 0.3) is 5.82 Å². The van der Waals surface area contributed by atoms with Crippen molar-refractivity contribution >= 4 is 11.6 Å². The van der Waals surface area contributed by atoms with Gasteiger partial charge in [0.05, 0.1) is 5.92 Å². The number of nitrogens with zero attached hydrogens (tertiary/aromatic N) is 4. The predicted molar refractivity (Wildman–Crippen MR) is 59.3 cm³/mol. The maximum absolute atomic E-state index is 12.5. The summed E-state index contributed by atoms with van der Waals surface area (Å²) in [5.41, 5.74) is 0. The fraction of sp³-hybridized carbons (Fsp3) is 0.545. The van der Waals surface area contributed by atoms with Crippen LogP contribution in [0.3, 0.4) is 0 Å². The average molecular weight is 256 g/mol. The number of anilines is 1. The topological polar surface area (TPSA) is 33.4 Å². The summed E-state index contributed by atoms with van der Waals surface area (Å²) in [6.07, 6.45) is -2.71. The van der Waals surface area contributed by atoms with Crippen molar-refractivity contribution in [1.82, 2.24) is 9.97 Å². The Morgan fingerprint density at radius 3 is 2.50 bits per heavy atom. The molecule has 1 aliphatic heterocycles. The third kappa shape index (κ3) is 2.70. The van der Waals surface area contributed by atoms with E-state index in [9.17, 15) is 13.2 Å². The van der Waals surface area contributed by atoms with Crippen LogP contribution in [0, 0.1) is 12.5 Å². The van der Waals surface area contributed by atoms with Crippen LogP contribution in [0.4, 0.5) is 24.8 Å². The van der Waals surface area contributed by atoms with Crippen LogP contribution in [-0.2, 0) is 0 Å². The molecule has 2 heterocycles. The van der Waals surface area contributed by atoms with E-state index in [-0.39, 0.29) is 18.7 Å². The SMILES string of the molecule is [C-]#[N+]c1cc(N2CCC(C(F)(F)F)CC2)ncn1. The van der Waals surface area contributed by atoms with Gasteiger partial charge >= 0.3 is 6.18 Å². The summed E-state index contributed by atoms with van der Waals surface area (Å²) in [7, 11) is 0. The van der Waals surface area contributed by atoms with E-state index < -0.39 is 12.1 Å². The molecule has 0 spiro atoms. The molecule has 1 aliphatic rings. The second-order valence-electron chi connectivity index (χ2n) is 4.15. The fourth-order valence-electron chi connectivity index (χ4n) is 2.01. The van der Waals surface area contributed by atoms with Gasteiger partial charge in [0.1, 0.15) is 5.82 Å². The third-order valence-corrected chi connectivity index (χ3v) is 3.03. The zero-order chi connectivity index (χ0) is 13.2. The minimum Gasteiger partial charge on any atom is -0.360 e. The number of hydrogen-bond donors (Lipinski definition) is 0. The summed E-state index contributed by atoms with van der Waals surface area (Å²) in [5, 5.41) is 0. The highest BCUT2D eigenvalue weighted by Gasteiger charge is 2.41. The van der Waals surface area contributed by atoms with Gasteiger partial charge in [-0.25, -0.2) is 0 Å². The van der Waals surface area contributed by atoms with E-state index in [1.807, 2.05) is 0 Å². The van der Waals surface area contributed by atoms with Gasteiger partial charge in [0, 0.05) is 19.2 Å². The first kappa shape index (κ1) is 12.6. The molecule has 1 saturated heterocycles. The van der Waals surface area contributed by atoms with Gasteiger partial charge in [-0.2, -0.15) is 18.2 Å². The van der Waals surface area contributed by atoms with Gasteiger partial charge in [-0.05, 0) is 12.8 Å². The smallest absolute Gasteiger partial charge is 0.360 e. The molecule has 1 aromatic heterocycles. The average Bonchev–Trinajstić information content (AvgIpc) is 2.38. The third-order valence-electron chi connectivity index (χ3n) is 3.03. The predicted octanol–water partition coefficient (Wildman–Crippen LogP) is 2.81. The van der Waals surface area contributed by atoms with Crippen LogP contribution in [-0.4, -0.2) is 29.2 Å². The van der Waals surface area contributed by atoms with E-state index in [2.05, 4.69) is 14.8 Å². The first-order chi connectivity index (χ1) is 8.50. The van der Waals surface area contributed by atoms with Crippen LogP contribution in [0.5, 0.6) is 0 Å². The van der Waals surface area contributed by atoms with Crippen LogP contribution in [0.1, 0.15) is 12.8 Å². The Labute approximate surface area is 102 Å². The minimum absolute atomic E-state index is 0.0703. The molecular weight excluding hydrogens is 245 g/mol. The highest BCUT2D eigenvalue weighted by molar-refractivity contribution is 5.49. The van der Waals surface area contributed by atoms with E-state index in [0.717, 1.165) is 0 Å². The molecule has 1 aromatic rings. The molecule has 0 aromatic carbocycles. The number of aromatic nitrogens is 2. The van der Waals surface area contributed by atoms with Crippen LogP contribution in [0.2, 0.25) is 0 Å². The summed E-state index contributed by atoms with van der Waals surface area (Å²) in [5.74, 6) is -0.495. The second-order valence-corrected chi connectivity index (χ2v) is 4.15. The van der Waals surface area contributed by atoms with Crippen molar-refractivity contribution in [1.29, 1.82) is 0 Å². The van der Waals surface area contributed by atoms with Gasteiger partial charge < -0.3 is 9.74 Å². The molecule has 4 nitrogen and oxygen atoms in total. The summed E-state index contributed by atoms with van der Waals surface area (Å²) in [6, 6.07) is 1.50. The number of alkyl halides is 3. The molecule has 2 rings (SSSR count). The Bertz CT molecular complexity index is 458. The van der Waals surface area contributed by atoms with Crippen LogP contribution < -0.4 is 4.90 Å². The molecule has 96 valence electrons. The second kappa shape index (κ2) is 4.80. The standard InChI is InChI=1S/C11H11F3N4/c1-15-9-6-10(17-7-16-9)18-4-2-8(3-5-18)11(12,13)14/h6-8H,2-5H2. The largest absolute Gasteiger partial charge is 0.391 e. The number of hydrogen-bond acceptors (Lipinski definition) is 3. The van der Waals surface area contributed by atoms with Crippen LogP contribution in [0.15, 0.2) is 12.4 Å². The van der Waals surface area contributed by atoms with Crippen molar-refractivity contribution in [3.63, 3.8) is 0 Å². The maximum atomic E-state index is 12.5. The van der Waals surface area contributed by atoms with Gasteiger partial charge in [0.15, 0.2) is 0 Å². The number of piperidine rings is 1. The summed E-state index contributed by atoms with van der Waals surface area (Å²) in [4.78, 5) is 12.7. The van der Waals surface area contributed by atoms with Crippen molar-refractivity contribution in [3.05, 3.63) is 23.8 Å². The Hall–Kier alpha value is -1.84. The number of halogens is 3. The molecule has 18 heavy (non-hydrogen) atoms. The van der Waals surface area contributed by atoms with E-state index in [1.54, 1.807) is 4.90 Å². The zero-order valence-corrected chi connectivity index (χ0v) is 9.48. The molecule has 0 unspecified atom stereocenters. The fourth-order valence-corrected chi connectivity index (χ4v) is 2.01. The highest BCUT2D eigenvalue weighted by Crippen LogP contribution is 2.35. The first-order valence-electron chi connectivity index (χ1n) is 5.52. The Morgan fingerprint density at radius 1 is 1.28 bits per heavy atom. The minimum atomic E-state index is -4.11. The number of rotatable bonds is 1. The van der Waals surface area contributed by atoms with Crippen LogP contribution >= 0.6 is 0 Å². The van der Waals surface area contributed by atoms with Gasteiger partial charge in [-0.3, -0.25) is 0 Å². The van der Waals surface area contributed by atoms with E-state index in [4.69, 9.17) is 6.57 Å². The van der Waals surface area contributed by atoms with E-state index in [0.29, 0.717) is 18.9 Å². The van der Waals surface area contributed by atoms with E-state index >= 15 is 0 Å². The van der Waals surface area contributed by atoms with Crippen molar-refractivity contribution in [2.24, 2.45) is 5.92 Å². The van der Waals surface area contributed by atoms with Crippen molar-refractivity contribution in [2.75, 3.05) is 18.0 Å². The zero-order valence-electron chi connectivity index (χ0n) is 9.48. The lowest BCUT2D eigenvalue weighted by Gasteiger charge is -2.33. The molecule has 0 amide bonds.